The van der Waals surface area contributed by atoms with E-state index in [-0.39, 0.29) is 21.1 Å². The summed E-state index contributed by atoms with van der Waals surface area (Å²) < 4.78 is 17.6. The third-order valence-corrected chi connectivity index (χ3v) is 2.92. The largest absolute Gasteiger partial charge is 0.465 e. The second-order valence-corrected chi connectivity index (χ2v) is 4.04. The molecule has 0 saturated heterocycles. The van der Waals surface area contributed by atoms with Gasteiger partial charge in [-0.25, -0.2) is 9.18 Å². The first-order chi connectivity index (χ1) is 8.04. The Morgan fingerprint density at radius 3 is 2.76 bits per heavy atom. The van der Waals surface area contributed by atoms with E-state index >= 15 is 0 Å². The van der Waals surface area contributed by atoms with Gasteiger partial charge in [-0.1, -0.05) is 23.2 Å². The highest BCUT2D eigenvalue weighted by Crippen LogP contribution is 2.32. The molecule has 2 aromatic rings. The van der Waals surface area contributed by atoms with E-state index in [1.807, 2.05) is 0 Å². The van der Waals surface area contributed by atoms with Crippen LogP contribution < -0.4 is 0 Å². The molecule has 0 aliphatic carbocycles. The molecule has 0 atom stereocenters. The second kappa shape index (κ2) is 4.47. The second-order valence-electron chi connectivity index (χ2n) is 3.26. The highest BCUT2D eigenvalue weighted by molar-refractivity contribution is 6.43. The SMILES string of the molecule is COC(=O)c1cnc2cc(F)cc(Cl)c2c1Cl. The molecule has 0 saturated carbocycles. The lowest BCUT2D eigenvalue weighted by atomic mass is 10.1. The van der Waals surface area contributed by atoms with Crippen LogP contribution in [0, 0.1) is 5.82 Å². The summed E-state index contributed by atoms with van der Waals surface area (Å²) in [6.07, 6.45) is 1.23. The lowest BCUT2D eigenvalue weighted by molar-refractivity contribution is 0.0600. The molecule has 0 aliphatic rings. The van der Waals surface area contributed by atoms with Crippen LogP contribution in [0.5, 0.6) is 0 Å². The summed E-state index contributed by atoms with van der Waals surface area (Å²) in [4.78, 5) is 15.3. The quantitative estimate of drug-likeness (QED) is 0.747. The van der Waals surface area contributed by atoms with Crippen LogP contribution in [0.25, 0.3) is 10.9 Å². The summed E-state index contributed by atoms with van der Waals surface area (Å²) in [5.74, 6) is -1.14. The third kappa shape index (κ3) is 2.06. The van der Waals surface area contributed by atoms with Crippen molar-refractivity contribution in [3.05, 3.63) is 39.8 Å². The van der Waals surface area contributed by atoms with Gasteiger partial charge in [0.05, 0.1) is 28.2 Å². The number of methoxy groups -OCH3 is 1. The van der Waals surface area contributed by atoms with Crippen molar-refractivity contribution in [3.8, 4) is 0 Å². The molecule has 0 aliphatic heterocycles. The van der Waals surface area contributed by atoms with Crippen LogP contribution in [-0.2, 0) is 4.74 Å². The zero-order valence-electron chi connectivity index (χ0n) is 8.63. The van der Waals surface area contributed by atoms with Gasteiger partial charge in [-0.05, 0) is 6.07 Å². The number of benzene rings is 1. The van der Waals surface area contributed by atoms with Crippen molar-refractivity contribution in [2.75, 3.05) is 7.11 Å². The van der Waals surface area contributed by atoms with Gasteiger partial charge in [-0.15, -0.1) is 0 Å². The summed E-state index contributed by atoms with van der Waals surface area (Å²) in [7, 11) is 1.23. The number of carbonyl (C=O) groups excluding carboxylic acids is 1. The van der Waals surface area contributed by atoms with E-state index in [2.05, 4.69) is 9.72 Å². The normalized spacial score (nSPS) is 10.6. The molecular formula is C11H6Cl2FNO2. The van der Waals surface area contributed by atoms with Crippen LogP contribution >= 0.6 is 23.2 Å². The summed E-state index contributed by atoms with van der Waals surface area (Å²) in [6, 6.07) is 2.30. The van der Waals surface area contributed by atoms with E-state index in [9.17, 15) is 9.18 Å². The molecule has 1 aromatic heterocycles. The first kappa shape index (κ1) is 12.1. The number of nitrogens with zero attached hydrogens (tertiary/aromatic N) is 1. The molecule has 0 N–H and O–H groups in total. The van der Waals surface area contributed by atoms with E-state index in [0.29, 0.717) is 5.39 Å². The van der Waals surface area contributed by atoms with Crippen molar-refractivity contribution in [1.82, 2.24) is 4.98 Å². The summed E-state index contributed by atoms with van der Waals surface area (Å²) in [6.45, 7) is 0. The predicted molar refractivity (Wildman–Crippen MR) is 63.1 cm³/mol. The molecule has 1 heterocycles. The van der Waals surface area contributed by atoms with Crippen LogP contribution in [0.4, 0.5) is 4.39 Å². The predicted octanol–water partition coefficient (Wildman–Crippen LogP) is 3.47. The van der Waals surface area contributed by atoms with Gasteiger partial charge in [0.1, 0.15) is 5.82 Å². The monoisotopic (exact) mass is 273 g/mol. The molecule has 3 nitrogen and oxygen atoms in total. The molecule has 17 heavy (non-hydrogen) atoms. The summed E-state index contributed by atoms with van der Waals surface area (Å²) in [5, 5.41) is 0.535. The fourth-order valence-electron chi connectivity index (χ4n) is 1.46. The summed E-state index contributed by atoms with van der Waals surface area (Å²) >= 11 is 11.9. The molecule has 88 valence electrons. The van der Waals surface area contributed by atoms with Crippen molar-refractivity contribution in [3.63, 3.8) is 0 Å². The van der Waals surface area contributed by atoms with Crippen LogP contribution in [0.1, 0.15) is 10.4 Å². The number of hydrogen-bond donors (Lipinski definition) is 0. The number of rotatable bonds is 1. The Bertz CT molecular complexity index is 616. The van der Waals surface area contributed by atoms with Crippen molar-refractivity contribution >= 4 is 40.1 Å². The van der Waals surface area contributed by atoms with E-state index in [0.717, 1.165) is 6.07 Å². The zero-order chi connectivity index (χ0) is 12.6. The molecule has 0 bridgehead atoms. The number of aromatic nitrogens is 1. The fraction of sp³-hybridized carbons (Fsp3) is 0.0909. The lowest BCUT2D eigenvalue weighted by Gasteiger charge is -2.07. The zero-order valence-corrected chi connectivity index (χ0v) is 10.1. The molecular weight excluding hydrogens is 268 g/mol. The van der Waals surface area contributed by atoms with Crippen molar-refractivity contribution in [2.24, 2.45) is 0 Å². The Morgan fingerprint density at radius 1 is 1.41 bits per heavy atom. The average Bonchev–Trinajstić information content (AvgIpc) is 2.27. The van der Waals surface area contributed by atoms with Gasteiger partial charge < -0.3 is 4.74 Å². The van der Waals surface area contributed by atoms with Crippen molar-refractivity contribution in [1.29, 1.82) is 0 Å². The number of ether oxygens (including phenoxy) is 1. The number of hydrogen-bond acceptors (Lipinski definition) is 3. The number of esters is 1. The fourth-order valence-corrected chi connectivity index (χ4v) is 2.13. The van der Waals surface area contributed by atoms with Gasteiger partial charge in [-0.3, -0.25) is 4.98 Å². The summed E-state index contributed by atoms with van der Waals surface area (Å²) in [5.41, 5.74) is 0.378. The van der Waals surface area contributed by atoms with Crippen LogP contribution in [0.15, 0.2) is 18.3 Å². The van der Waals surface area contributed by atoms with Crippen molar-refractivity contribution in [2.45, 2.75) is 0 Å². The van der Waals surface area contributed by atoms with Crippen molar-refractivity contribution < 1.29 is 13.9 Å². The maximum Gasteiger partial charge on any atom is 0.340 e. The van der Waals surface area contributed by atoms with E-state index in [4.69, 9.17) is 23.2 Å². The van der Waals surface area contributed by atoms with Gasteiger partial charge in [-0.2, -0.15) is 0 Å². The Hall–Kier alpha value is -1.39. The Labute approximate surface area is 106 Å². The molecule has 0 radical (unpaired) electrons. The Morgan fingerprint density at radius 2 is 2.12 bits per heavy atom. The van der Waals surface area contributed by atoms with E-state index in [1.165, 1.54) is 19.4 Å². The molecule has 0 unspecified atom stereocenters. The molecule has 2 rings (SSSR count). The molecule has 0 spiro atoms. The minimum absolute atomic E-state index is 0.0928. The Kier molecular flexibility index (Phi) is 3.17. The van der Waals surface area contributed by atoms with Crippen LogP contribution in [0.2, 0.25) is 10.0 Å². The lowest BCUT2D eigenvalue weighted by Crippen LogP contribution is -2.03. The number of halogens is 3. The average molecular weight is 274 g/mol. The topological polar surface area (TPSA) is 39.2 Å². The smallest absolute Gasteiger partial charge is 0.340 e. The molecule has 6 heteroatoms. The Balaban J connectivity index is 2.80. The van der Waals surface area contributed by atoms with Gasteiger partial charge >= 0.3 is 5.97 Å². The first-order valence-corrected chi connectivity index (χ1v) is 5.31. The number of carbonyl (C=O) groups is 1. The molecule has 0 fully saturated rings. The number of pyridine rings is 1. The van der Waals surface area contributed by atoms with E-state index < -0.39 is 11.8 Å². The molecule has 0 amide bonds. The van der Waals surface area contributed by atoms with Crippen LogP contribution in [0.3, 0.4) is 0 Å². The maximum atomic E-state index is 13.1. The minimum atomic E-state index is -0.621. The van der Waals surface area contributed by atoms with Crippen LogP contribution in [-0.4, -0.2) is 18.1 Å². The van der Waals surface area contributed by atoms with Gasteiger partial charge in [0.25, 0.3) is 0 Å². The first-order valence-electron chi connectivity index (χ1n) is 4.56. The van der Waals surface area contributed by atoms with E-state index in [1.54, 1.807) is 0 Å². The molecule has 1 aromatic carbocycles. The number of fused-ring (bicyclic) bond motifs is 1. The van der Waals surface area contributed by atoms with Gasteiger partial charge in [0.2, 0.25) is 0 Å². The minimum Gasteiger partial charge on any atom is -0.465 e. The standard InChI is InChI=1S/C11H6Cl2FNO2/c1-17-11(16)6-4-15-8-3-5(14)2-7(12)9(8)10(6)13/h2-4H,1H3. The maximum absolute atomic E-state index is 13.1. The third-order valence-electron chi connectivity index (χ3n) is 2.23. The highest BCUT2D eigenvalue weighted by atomic mass is 35.5. The van der Waals surface area contributed by atoms with Gasteiger partial charge in [0, 0.05) is 17.6 Å². The van der Waals surface area contributed by atoms with Gasteiger partial charge in [0.15, 0.2) is 0 Å². The highest BCUT2D eigenvalue weighted by Gasteiger charge is 2.16.